The lowest BCUT2D eigenvalue weighted by Crippen LogP contribution is -2.20. The summed E-state index contributed by atoms with van der Waals surface area (Å²) in [6, 6.07) is 8.64. The highest BCUT2D eigenvalue weighted by molar-refractivity contribution is 9.10. The second-order valence-corrected chi connectivity index (χ2v) is 7.33. The smallest absolute Gasteiger partial charge is 0.282 e. The van der Waals surface area contributed by atoms with Crippen molar-refractivity contribution in [2.24, 2.45) is 5.10 Å². The maximum atomic E-state index is 12.7. The van der Waals surface area contributed by atoms with E-state index in [1.165, 1.54) is 10.9 Å². The van der Waals surface area contributed by atoms with Crippen LogP contribution in [0.15, 0.2) is 57.4 Å². The second kappa shape index (κ2) is 8.25. The number of halogens is 3. The number of hydrogen-bond donors (Lipinski definition) is 0. The van der Waals surface area contributed by atoms with Gasteiger partial charge in [0.2, 0.25) is 0 Å². The van der Waals surface area contributed by atoms with Gasteiger partial charge in [-0.3, -0.25) is 4.79 Å². The SMILES string of the molecule is C=CCOc1c(Cl)cc(C=Nn2c(C)nc3ccc(Br)cc3c2=O)cc1Cl. The van der Waals surface area contributed by atoms with Gasteiger partial charge < -0.3 is 4.74 Å². The molecule has 0 saturated heterocycles. The molecule has 1 heterocycles. The normalized spacial score (nSPS) is 11.3. The quantitative estimate of drug-likeness (QED) is 0.382. The molecular formula is C19H14BrCl2N3O2. The van der Waals surface area contributed by atoms with Crippen molar-refractivity contribution in [1.29, 1.82) is 0 Å². The summed E-state index contributed by atoms with van der Waals surface area (Å²) in [4.78, 5) is 17.2. The van der Waals surface area contributed by atoms with E-state index in [9.17, 15) is 4.79 Å². The van der Waals surface area contributed by atoms with Crippen molar-refractivity contribution in [3.63, 3.8) is 0 Å². The van der Waals surface area contributed by atoms with Crippen LogP contribution in [0, 0.1) is 6.92 Å². The summed E-state index contributed by atoms with van der Waals surface area (Å²) >= 11 is 15.8. The number of nitrogens with zero attached hydrogens (tertiary/aromatic N) is 3. The van der Waals surface area contributed by atoms with Gasteiger partial charge in [0.15, 0.2) is 5.75 Å². The summed E-state index contributed by atoms with van der Waals surface area (Å²) < 4.78 is 7.46. The first-order valence-electron chi connectivity index (χ1n) is 7.86. The minimum Gasteiger partial charge on any atom is -0.486 e. The summed E-state index contributed by atoms with van der Waals surface area (Å²) in [6.45, 7) is 5.59. The summed E-state index contributed by atoms with van der Waals surface area (Å²) in [5.74, 6) is 0.843. The standard InChI is InChI=1S/C19H14BrCl2N3O2/c1-3-6-27-18-15(21)7-12(8-16(18)22)10-23-25-11(2)24-17-5-4-13(20)9-14(17)19(25)26/h3-5,7-10H,1,6H2,2H3. The Bertz CT molecular complexity index is 1100. The van der Waals surface area contributed by atoms with Gasteiger partial charge >= 0.3 is 0 Å². The Balaban J connectivity index is 2.01. The van der Waals surface area contributed by atoms with Gasteiger partial charge in [-0.05, 0) is 42.8 Å². The zero-order valence-corrected chi connectivity index (χ0v) is 17.3. The molecule has 0 spiro atoms. The second-order valence-electron chi connectivity index (χ2n) is 5.60. The van der Waals surface area contributed by atoms with E-state index in [0.29, 0.717) is 44.7 Å². The first kappa shape index (κ1) is 19.6. The van der Waals surface area contributed by atoms with Gasteiger partial charge in [-0.15, -0.1) is 0 Å². The zero-order chi connectivity index (χ0) is 19.6. The third-order valence-electron chi connectivity index (χ3n) is 3.66. The molecule has 8 heteroatoms. The molecule has 0 aliphatic rings. The highest BCUT2D eigenvalue weighted by Crippen LogP contribution is 2.33. The Labute approximate surface area is 174 Å². The highest BCUT2D eigenvalue weighted by atomic mass is 79.9. The molecule has 3 rings (SSSR count). The van der Waals surface area contributed by atoms with Gasteiger partial charge in [-0.25, -0.2) is 4.98 Å². The van der Waals surface area contributed by atoms with Gasteiger partial charge in [0.25, 0.3) is 5.56 Å². The lowest BCUT2D eigenvalue weighted by atomic mass is 10.2. The largest absolute Gasteiger partial charge is 0.486 e. The fraction of sp³-hybridized carbons (Fsp3) is 0.105. The Kier molecular flexibility index (Phi) is 5.99. The third kappa shape index (κ3) is 4.24. The van der Waals surface area contributed by atoms with Crippen molar-refractivity contribution in [2.75, 3.05) is 6.61 Å². The Morgan fingerprint density at radius 1 is 1.30 bits per heavy atom. The van der Waals surface area contributed by atoms with E-state index in [2.05, 4.69) is 32.6 Å². The minimum absolute atomic E-state index is 0.266. The fourth-order valence-corrected chi connectivity index (χ4v) is 3.43. The molecule has 0 fully saturated rings. The van der Waals surface area contributed by atoms with Gasteiger partial charge in [0.1, 0.15) is 12.4 Å². The van der Waals surface area contributed by atoms with Crippen molar-refractivity contribution in [3.05, 3.63) is 79.2 Å². The molecule has 0 aliphatic heterocycles. The molecule has 0 radical (unpaired) electrons. The Morgan fingerprint density at radius 3 is 2.67 bits per heavy atom. The number of ether oxygens (including phenoxy) is 1. The fourth-order valence-electron chi connectivity index (χ4n) is 2.45. The lowest BCUT2D eigenvalue weighted by Gasteiger charge is -2.09. The van der Waals surface area contributed by atoms with Crippen molar-refractivity contribution in [1.82, 2.24) is 9.66 Å². The lowest BCUT2D eigenvalue weighted by molar-refractivity contribution is 0.363. The number of benzene rings is 2. The molecule has 27 heavy (non-hydrogen) atoms. The summed E-state index contributed by atoms with van der Waals surface area (Å²) in [6.07, 6.45) is 3.09. The first-order valence-corrected chi connectivity index (χ1v) is 9.41. The van der Waals surface area contributed by atoms with Crippen molar-refractivity contribution >= 4 is 56.2 Å². The molecule has 0 saturated carbocycles. The van der Waals surface area contributed by atoms with E-state index in [1.807, 2.05) is 6.07 Å². The predicted molar refractivity (Wildman–Crippen MR) is 114 cm³/mol. The van der Waals surface area contributed by atoms with Gasteiger partial charge in [0.05, 0.1) is 27.2 Å². The average molecular weight is 467 g/mol. The summed E-state index contributed by atoms with van der Waals surface area (Å²) in [7, 11) is 0. The molecule has 5 nitrogen and oxygen atoms in total. The van der Waals surface area contributed by atoms with Crippen LogP contribution in [-0.2, 0) is 0 Å². The van der Waals surface area contributed by atoms with E-state index in [4.69, 9.17) is 27.9 Å². The summed E-state index contributed by atoms with van der Waals surface area (Å²) in [5.41, 5.74) is 0.969. The van der Waals surface area contributed by atoms with Crippen LogP contribution in [0.4, 0.5) is 0 Å². The molecule has 0 bridgehead atoms. The number of fused-ring (bicyclic) bond motifs is 1. The topological polar surface area (TPSA) is 56.5 Å². The number of aromatic nitrogens is 2. The molecule has 3 aromatic rings. The molecule has 0 amide bonds. The van der Waals surface area contributed by atoms with Crippen molar-refractivity contribution in [2.45, 2.75) is 6.92 Å². The van der Waals surface area contributed by atoms with Gasteiger partial charge in [0, 0.05) is 4.47 Å². The number of hydrogen-bond acceptors (Lipinski definition) is 4. The van der Waals surface area contributed by atoms with E-state index in [-0.39, 0.29) is 5.56 Å². The molecule has 138 valence electrons. The third-order valence-corrected chi connectivity index (χ3v) is 4.71. The van der Waals surface area contributed by atoms with Gasteiger partial charge in [-0.1, -0.05) is 51.8 Å². The van der Waals surface area contributed by atoms with Crippen LogP contribution in [0.1, 0.15) is 11.4 Å². The molecule has 2 aromatic carbocycles. The van der Waals surface area contributed by atoms with E-state index in [1.54, 1.807) is 37.3 Å². The summed E-state index contributed by atoms with van der Waals surface area (Å²) in [5, 5.41) is 5.41. The van der Waals surface area contributed by atoms with E-state index < -0.39 is 0 Å². The number of aryl methyl sites for hydroxylation is 1. The van der Waals surface area contributed by atoms with Crippen LogP contribution in [0.5, 0.6) is 5.75 Å². The first-order chi connectivity index (χ1) is 12.9. The van der Waals surface area contributed by atoms with Crippen LogP contribution in [-0.4, -0.2) is 22.5 Å². The highest BCUT2D eigenvalue weighted by Gasteiger charge is 2.10. The molecule has 0 aliphatic carbocycles. The van der Waals surface area contributed by atoms with Gasteiger partial charge in [-0.2, -0.15) is 9.78 Å². The average Bonchev–Trinajstić information content (AvgIpc) is 2.62. The maximum Gasteiger partial charge on any atom is 0.282 e. The van der Waals surface area contributed by atoms with Crippen LogP contribution >= 0.6 is 39.1 Å². The predicted octanol–water partition coefficient (Wildman–Crippen LogP) is 5.22. The van der Waals surface area contributed by atoms with Crippen LogP contribution in [0.2, 0.25) is 10.0 Å². The number of rotatable bonds is 5. The van der Waals surface area contributed by atoms with E-state index in [0.717, 1.165) is 4.47 Å². The van der Waals surface area contributed by atoms with Crippen LogP contribution < -0.4 is 10.3 Å². The van der Waals surface area contributed by atoms with Crippen LogP contribution in [0.3, 0.4) is 0 Å². The monoisotopic (exact) mass is 465 g/mol. The maximum absolute atomic E-state index is 12.7. The van der Waals surface area contributed by atoms with E-state index >= 15 is 0 Å². The van der Waals surface area contributed by atoms with Crippen molar-refractivity contribution in [3.8, 4) is 5.75 Å². The Hall–Kier alpha value is -2.15. The molecule has 0 N–H and O–H groups in total. The molecule has 0 unspecified atom stereocenters. The van der Waals surface area contributed by atoms with Crippen LogP contribution in [0.25, 0.3) is 10.9 Å². The Morgan fingerprint density at radius 2 is 2.00 bits per heavy atom. The molecule has 0 atom stereocenters. The molecular weight excluding hydrogens is 453 g/mol. The minimum atomic E-state index is -0.266. The van der Waals surface area contributed by atoms with Crippen molar-refractivity contribution < 1.29 is 4.74 Å². The molecule has 1 aromatic heterocycles. The zero-order valence-electron chi connectivity index (χ0n) is 14.2.